The number of carbonyl (C=O) groups is 3. The van der Waals surface area contributed by atoms with E-state index in [1.165, 1.54) is 12.1 Å². The molecule has 3 aromatic rings. The summed E-state index contributed by atoms with van der Waals surface area (Å²) in [6, 6.07) is 14.7. The number of ether oxygens (including phenoxy) is 2. The van der Waals surface area contributed by atoms with Gasteiger partial charge in [0.1, 0.15) is 0 Å². The van der Waals surface area contributed by atoms with Gasteiger partial charge in [-0.3, -0.25) is 19.3 Å². The molecule has 0 fully saturated rings. The molecular weight excluding hydrogens is 468 g/mol. The van der Waals surface area contributed by atoms with E-state index >= 15 is 0 Å². The number of likely N-dealkylation sites (N-methyl/N-ethyl adjacent to an activating group) is 1. The highest BCUT2D eigenvalue weighted by Gasteiger charge is 2.31. The fraction of sp³-hybridized carbons (Fsp3) is 0.222. The molecule has 0 saturated carbocycles. The number of nitrogens with one attached hydrogen (secondary N) is 1. The van der Waals surface area contributed by atoms with Crippen molar-refractivity contribution in [2.24, 2.45) is 0 Å². The van der Waals surface area contributed by atoms with Crippen LogP contribution in [0.5, 0.6) is 11.5 Å². The largest absolute Gasteiger partial charge is 0.493 e. The van der Waals surface area contributed by atoms with Crippen LogP contribution < -0.4 is 14.8 Å². The Bertz CT molecular complexity index is 1340. The van der Waals surface area contributed by atoms with Crippen LogP contribution in [0.2, 0.25) is 5.02 Å². The van der Waals surface area contributed by atoms with Crippen molar-refractivity contribution in [1.82, 2.24) is 4.90 Å². The molecule has 1 unspecified atom stereocenters. The summed E-state index contributed by atoms with van der Waals surface area (Å²) in [6.45, 7) is 2.25. The first-order valence-corrected chi connectivity index (χ1v) is 11.4. The van der Waals surface area contributed by atoms with E-state index in [2.05, 4.69) is 5.32 Å². The predicted octanol–water partition coefficient (Wildman–Crippen LogP) is 4.59. The zero-order valence-corrected chi connectivity index (χ0v) is 20.6. The first-order chi connectivity index (χ1) is 16.7. The van der Waals surface area contributed by atoms with Gasteiger partial charge in [0.2, 0.25) is 5.91 Å². The van der Waals surface area contributed by atoms with E-state index < -0.39 is 6.04 Å². The summed E-state index contributed by atoms with van der Waals surface area (Å²) >= 11 is 6.40. The average molecular weight is 493 g/mol. The molecule has 7 nitrogen and oxygen atoms in total. The van der Waals surface area contributed by atoms with E-state index in [4.69, 9.17) is 21.1 Å². The summed E-state index contributed by atoms with van der Waals surface area (Å²) < 4.78 is 10.6. The summed E-state index contributed by atoms with van der Waals surface area (Å²) in [4.78, 5) is 40.8. The Kier molecular flexibility index (Phi) is 6.91. The van der Waals surface area contributed by atoms with Gasteiger partial charge in [-0.2, -0.15) is 0 Å². The molecule has 0 aliphatic heterocycles. The van der Waals surface area contributed by atoms with Gasteiger partial charge in [0, 0.05) is 28.8 Å². The number of amides is 1. The van der Waals surface area contributed by atoms with Gasteiger partial charge in [-0.05, 0) is 43.8 Å². The highest BCUT2D eigenvalue weighted by molar-refractivity contribution is 6.36. The van der Waals surface area contributed by atoms with Gasteiger partial charge in [-0.25, -0.2) is 0 Å². The summed E-state index contributed by atoms with van der Waals surface area (Å²) in [7, 11) is 4.97. The molecule has 1 atom stereocenters. The van der Waals surface area contributed by atoms with Crippen LogP contribution in [0, 0.1) is 0 Å². The molecule has 1 aliphatic rings. The SMILES string of the molecule is COc1ccc(CN(C)C(C)C(=O)Nc2cc3c(cc2Cl)C(=O)c2ccccc2C3=O)cc1OC. The van der Waals surface area contributed by atoms with Crippen molar-refractivity contribution < 1.29 is 23.9 Å². The van der Waals surface area contributed by atoms with Crippen molar-refractivity contribution in [3.8, 4) is 11.5 Å². The standard InChI is InChI=1S/C27H25ClN2O5/c1-15(30(2)14-16-9-10-23(34-3)24(11-16)35-4)27(33)29-22-13-20-19(12-21(22)28)25(31)17-7-5-6-8-18(17)26(20)32/h5-13,15H,14H2,1-4H3,(H,29,33). The molecular formula is C27H25ClN2O5. The molecule has 0 spiro atoms. The molecule has 35 heavy (non-hydrogen) atoms. The van der Waals surface area contributed by atoms with E-state index in [0.717, 1.165) is 5.56 Å². The minimum atomic E-state index is -0.520. The van der Waals surface area contributed by atoms with Gasteiger partial charge >= 0.3 is 0 Å². The third-order valence-electron chi connectivity index (χ3n) is 6.19. The van der Waals surface area contributed by atoms with Crippen LogP contribution in [0.4, 0.5) is 5.69 Å². The van der Waals surface area contributed by atoms with Gasteiger partial charge < -0.3 is 14.8 Å². The Labute approximate surface area is 208 Å². The number of hydrogen-bond donors (Lipinski definition) is 1. The summed E-state index contributed by atoms with van der Waals surface area (Å²) in [5.74, 6) is 0.392. The van der Waals surface area contributed by atoms with E-state index in [1.807, 2.05) is 30.1 Å². The number of carbonyl (C=O) groups excluding carboxylic acids is 3. The maximum Gasteiger partial charge on any atom is 0.241 e. The first kappa shape index (κ1) is 24.4. The van der Waals surface area contributed by atoms with Crippen LogP contribution in [0.1, 0.15) is 44.3 Å². The Morgan fingerprint density at radius 2 is 1.51 bits per heavy atom. The summed E-state index contributed by atoms with van der Waals surface area (Å²) in [5, 5.41) is 2.99. The number of anilines is 1. The Balaban J connectivity index is 1.52. The lowest BCUT2D eigenvalue weighted by atomic mass is 9.84. The van der Waals surface area contributed by atoms with Crippen LogP contribution in [0.3, 0.4) is 0 Å². The minimum absolute atomic E-state index is 0.187. The second-order valence-electron chi connectivity index (χ2n) is 8.35. The zero-order chi connectivity index (χ0) is 25.3. The number of fused-ring (bicyclic) bond motifs is 2. The maximum atomic E-state index is 13.0. The molecule has 8 heteroatoms. The summed E-state index contributed by atoms with van der Waals surface area (Å²) in [6.07, 6.45) is 0. The maximum absolute atomic E-state index is 13.0. The third kappa shape index (κ3) is 4.65. The average Bonchev–Trinajstić information content (AvgIpc) is 2.87. The lowest BCUT2D eigenvalue weighted by Gasteiger charge is -2.25. The number of hydrogen-bond acceptors (Lipinski definition) is 6. The fourth-order valence-electron chi connectivity index (χ4n) is 4.06. The zero-order valence-electron chi connectivity index (χ0n) is 19.8. The Morgan fingerprint density at radius 1 is 0.914 bits per heavy atom. The van der Waals surface area contributed by atoms with Gasteiger partial charge in [-0.15, -0.1) is 0 Å². The van der Waals surface area contributed by atoms with Crippen molar-refractivity contribution in [2.75, 3.05) is 26.6 Å². The van der Waals surface area contributed by atoms with E-state index in [0.29, 0.717) is 29.2 Å². The van der Waals surface area contributed by atoms with E-state index in [1.54, 1.807) is 45.4 Å². The van der Waals surface area contributed by atoms with Crippen LogP contribution >= 0.6 is 11.6 Å². The second kappa shape index (κ2) is 9.90. The molecule has 1 N–H and O–H groups in total. The molecule has 0 aromatic heterocycles. The van der Waals surface area contributed by atoms with Crippen LogP contribution in [0.15, 0.2) is 54.6 Å². The Hall–Kier alpha value is -3.68. The summed E-state index contributed by atoms with van der Waals surface area (Å²) in [5.41, 5.74) is 2.37. The topological polar surface area (TPSA) is 84.9 Å². The predicted molar refractivity (Wildman–Crippen MR) is 134 cm³/mol. The molecule has 0 saturated heterocycles. The number of rotatable bonds is 7. The lowest BCUT2D eigenvalue weighted by Crippen LogP contribution is -2.39. The quantitative estimate of drug-likeness (QED) is 0.406. The molecule has 1 aliphatic carbocycles. The smallest absolute Gasteiger partial charge is 0.241 e. The molecule has 0 bridgehead atoms. The Morgan fingerprint density at radius 3 is 2.11 bits per heavy atom. The van der Waals surface area contributed by atoms with Crippen LogP contribution in [-0.2, 0) is 11.3 Å². The second-order valence-corrected chi connectivity index (χ2v) is 8.76. The van der Waals surface area contributed by atoms with Crippen LogP contribution in [0.25, 0.3) is 0 Å². The van der Waals surface area contributed by atoms with Crippen molar-refractivity contribution in [1.29, 1.82) is 0 Å². The van der Waals surface area contributed by atoms with Crippen molar-refractivity contribution in [3.05, 3.63) is 87.4 Å². The van der Waals surface area contributed by atoms with Crippen LogP contribution in [-0.4, -0.2) is 49.7 Å². The normalized spacial score (nSPS) is 13.2. The molecule has 3 aromatic carbocycles. The van der Waals surface area contributed by atoms with E-state index in [-0.39, 0.29) is 39.3 Å². The van der Waals surface area contributed by atoms with Crippen molar-refractivity contribution in [3.63, 3.8) is 0 Å². The van der Waals surface area contributed by atoms with Gasteiger partial charge in [-0.1, -0.05) is 41.9 Å². The highest BCUT2D eigenvalue weighted by atomic mass is 35.5. The molecule has 4 rings (SSSR count). The molecule has 180 valence electrons. The van der Waals surface area contributed by atoms with Gasteiger partial charge in [0.15, 0.2) is 23.1 Å². The monoisotopic (exact) mass is 492 g/mol. The number of methoxy groups -OCH3 is 2. The van der Waals surface area contributed by atoms with Crippen molar-refractivity contribution in [2.45, 2.75) is 19.5 Å². The number of ketones is 2. The molecule has 0 heterocycles. The number of nitrogens with zero attached hydrogens (tertiary/aromatic N) is 1. The number of halogens is 1. The van der Waals surface area contributed by atoms with E-state index in [9.17, 15) is 14.4 Å². The molecule has 0 radical (unpaired) electrons. The minimum Gasteiger partial charge on any atom is -0.493 e. The highest BCUT2D eigenvalue weighted by Crippen LogP contribution is 2.34. The van der Waals surface area contributed by atoms with Gasteiger partial charge in [0.05, 0.1) is 31.0 Å². The third-order valence-corrected chi connectivity index (χ3v) is 6.50. The number of benzene rings is 3. The fourth-order valence-corrected chi connectivity index (χ4v) is 4.27. The van der Waals surface area contributed by atoms with Crippen molar-refractivity contribution >= 4 is 34.8 Å². The molecule has 1 amide bonds. The lowest BCUT2D eigenvalue weighted by molar-refractivity contribution is -0.120. The first-order valence-electron chi connectivity index (χ1n) is 11.0. The van der Waals surface area contributed by atoms with Gasteiger partial charge in [0.25, 0.3) is 0 Å².